The Balaban J connectivity index is 2.08. The Hall–Kier alpha value is -0.580. The molecule has 0 radical (unpaired) electrons. The molecular formula is C11H10BrClN2S. The fraction of sp³-hybridized carbons (Fsp3) is 0.182. The highest BCUT2D eigenvalue weighted by Crippen LogP contribution is 2.24. The molecule has 2 aromatic rings. The van der Waals surface area contributed by atoms with Gasteiger partial charge in [-0.3, -0.25) is 0 Å². The van der Waals surface area contributed by atoms with Gasteiger partial charge < -0.3 is 4.90 Å². The van der Waals surface area contributed by atoms with Gasteiger partial charge in [-0.05, 0) is 40.2 Å². The summed E-state index contributed by atoms with van der Waals surface area (Å²) in [4.78, 5) is 7.66. The zero-order chi connectivity index (χ0) is 11.5. The first-order chi connectivity index (χ1) is 7.65. The number of pyridine rings is 1. The van der Waals surface area contributed by atoms with Gasteiger partial charge in [-0.2, -0.15) is 0 Å². The van der Waals surface area contributed by atoms with E-state index >= 15 is 0 Å². The highest BCUT2D eigenvalue weighted by Gasteiger charge is 2.05. The molecule has 0 aliphatic rings. The summed E-state index contributed by atoms with van der Waals surface area (Å²) in [5, 5.41) is 0. The van der Waals surface area contributed by atoms with E-state index in [2.05, 4.69) is 25.8 Å². The van der Waals surface area contributed by atoms with Crippen LogP contribution in [0.15, 0.2) is 34.9 Å². The van der Waals surface area contributed by atoms with E-state index < -0.39 is 0 Å². The molecule has 0 saturated heterocycles. The van der Waals surface area contributed by atoms with Crippen LogP contribution >= 0.6 is 38.9 Å². The van der Waals surface area contributed by atoms with Crippen molar-refractivity contribution in [2.24, 2.45) is 0 Å². The Morgan fingerprint density at radius 2 is 2.19 bits per heavy atom. The molecule has 16 heavy (non-hydrogen) atoms. The van der Waals surface area contributed by atoms with E-state index in [-0.39, 0.29) is 0 Å². The van der Waals surface area contributed by atoms with Crippen LogP contribution < -0.4 is 4.90 Å². The van der Waals surface area contributed by atoms with Crippen LogP contribution in [0.5, 0.6) is 0 Å². The highest BCUT2D eigenvalue weighted by molar-refractivity contribution is 9.10. The maximum Gasteiger partial charge on any atom is 0.128 e. The van der Waals surface area contributed by atoms with Gasteiger partial charge in [-0.15, -0.1) is 11.3 Å². The van der Waals surface area contributed by atoms with Crippen LogP contribution in [0, 0.1) is 0 Å². The number of thiophene rings is 1. The molecular weight excluding hydrogens is 308 g/mol. The smallest absolute Gasteiger partial charge is 0.128 e. The highest BCUT2D eigenvalue weighted by atomic mass is 79.9. The van der Waals surface area contributed by atoms with Crippen LogP contribution in [0.2, 0.25) is 4.34 Å². The zero-order valence-electron chi connectivity index (χ0n) is 8.65. The minimum Gasteiger partial charge on any atom is -0.355 e. The monoisotopic (exact) mass is 316 g/mol. The van der Waals surface area contributed by atoms with E-state index in [4.69, 9.17) is 11.6 Å². The van der Waals surface area contributed by atoms with Gasteiger partial charge in [0.25, 0.3) is 0 Å². The third-order valence-corrected chi connectivity index (χ3v) is 3.81. The predicted octanol–water partition coefficient (Wildman–Crippen LogP) is 4.20. The van der Waals surface area contributed by atoms with Gasteiger partial charge in [-0.25, -0.2) is 4.98 Å². The van der Waals surface area contributed by atoms with Gasteiger partial charge >= 0.3 is 0 Å². The minimum absolute atomic E-state index is 0.825. The second-order valence-electron chi connectivity index (χ2n) is 3.40. The Morgan fingerprint density at radius 3 is 2.75 bits per heavy atom. The van der Waals surface area contributed by atoms with Crippen molar-refractivity contribution in [3.05, 3.63) is 44.1 Å². The molecule has 0 fully saturated rings. The zero-order valence-corrected chi connectivity index (χ0v) is 11.8. The van der Waals surface area contributed by atoms with E-state index in [0.29, 0.717) is 0 Å². The second-order valence-corrected chi connectivity index (χ2v) is 6.11. The van der Waals surface area contributed by atoms with Crippen molar-refractivity contribution < 1.29 is 0 Å². The first kappa shape index (κ1) is 11.9. The van der Waals surface area contributed by atoms with Gasteiger partial charge in [0.15, 0.2) is 0 Å². The number of halogens is 2. The molecule has 2 aromatic heterocycles. The molecule has 2 nitrogen and oxygen atoms in total. The summed E-state index contributed by atoms with van der Waals surface area (Å²) in [6.07, 6.45) is 1.80. The Bertz CT molecular complexity index is 469. The predicted molar refractivity (Wildman–Crippen MR) is 73.4 cm³/mol. The van der Waals surface area contributed by atoms with Crippen molar-refractivity contribution in [3.8, 4) is 0 Å². The molecule has 0 saturated carbocycles. The topological polar surface area (TPSA) is 16.1 Å². The molecule has 0 amide bonds. The summed E-state index contributed by atoms with van der Waals surface area (Å²) in [6.45, 7) is 0.825. The van der Waals surface area contributed by atoms with E-state index in [1.165, 1.54) is 4.88 Å². The number of hydrogen-bond donors (Lipinski definition) is 0. The lowest BCUT2D eigenvalue weighted by atomic mass is 10.4. The van der Waals surface area contributed by atoms with Crippen LogP contribution in [0.3, 0.4) is 0 Å². The first-order valence-corrected chi connectivity index (χ1v) is 6.71. The lowest BCUT2D eigenvalue weighted by Crippen LogP contribution is -2.16. The Kier molecular flexibility index (Phi) is 3.84. The minimum atomic E-state index is 0.825. The largest absolute Gasteiger partial charge is 0.355 e. The van der Waals surface area contributed by atoms with Crippen LogP contribution in [-0.4, -0.2) is 12.0 Å². The van der Waals surface area contributed by atoms with Crippen LogP contribution in [0.25, 0.3) is 0 Å². The van der Waals surface area contributed by atoms with E-state index in [9.17, 15) is 0 Å². The third-order valence-electron chi connectivity index (χ3n) is 2.12. The average molecular weight is 318 g/mol. The summed E-state index contributed by atoms with van der Waals surface area (Å²) < 4.78 is 1.82. The third kappa shape index (κ3) is 2.97. The summed E-state index contributed by atoms with van der Waals surface area (Å²) in [7, 11) is 2.02. The molecule has 0 atom stereocenters. The average Bonchev–Trinajstić information content (AvgIpc) is 2.65. The number of aromatic nitrogens is 1. The number of anilines is 1. The van der Waals surface area contributed by atoms with Crippen molar-refractivity contribution in [3.63, 3.8) is 0 Å². The fourth-order valence-electron chi connectivity index (χ4n) is 1.35. The van der Waals surface area contributed by atoms with Gasteiger partial charge in [0, 0.05) is 22.6 Å². The Labute approximate surface area is 112 Å². The van der Waals surface area contributed by atoms with E-state index in [1.54, 1.807) is 17.5 Å². The molecule has 0 aliphatic heterocycles. The fourth-order valence-corrected chi connectivity index (χ4v) is 2.72. The summed E-state index contributed by atoms with van der Waals surface area (Å²) >= 11 is 10.9. The number of nitrogens with zero attached hydrogens (tertiary/aromatic N) is 2. The van der Waals surface area contributed by atoms with Gasteiger partial charge in [0.05, 0.1) is 10.9 Å². The normalized spacial score (nSPS) is 10.4. The molecule has 84 valence electrons. The second kappa shape index (κ2) is 5.17. The van der Waals surface area contributed by atoms with E-state index in [0.717, 1.165) is 21.2 Å². The molecule has 2 heterocycles. The summed E-state index contributed by atoms with van der Waals surface area (Å²) in [5.74, 6) is 0.952. The quantitative estimate of drug-likeness (QED) is 0.843. The molecule has 0 aromatic carbocycles. The van der Waals surface area contributed by atoms with Crippen LogP contribution in [-0.2, 0) is 6.54 Å². The van der Waals surface area contributed by atoms with Gasteiger partial charge in [0.2, 0.25) is 0 Å². The maximum atomic E-state index is 5.89. The van der Waals surface area contributed by atoms with Crippen LogP contribution in [0.4, 0.5) is 5.82 Å². The lowest BCUT2D eigenvalue weighted by Gasteiger charge is -2.16. The standard InChI is InChI=1S/C11H10BrClN2S/c1-15(7-9-3-4-10(13)16-9)11-5-2-8(12)6-14-11/h2-6H,7H2,1H3. The van der Waals surface area contributed by atoms with Gasteiger partial charge in [-0.1, -0.05) is 11.6 Å². The van der Waals surface area contributed by atoms with Crippen molar-refractivity contribution >= 4 is 44.7 Å². The summed E-state index contributed by atoms with van der Waals surface area (Å²) in [5.41, 5.74) is 0. The molecule has 0 N–H and O–H groups in total. The summed E-state index contributed by atoms with van der Waals surface area (Å²) in [6, 6.07) is 7.94. The van der Waals surface area contributed by atoms with Crippen molar-refractivity contribution in [1.29, 1.82) is 0 Å². The molecule has 5 heteroatoms. The van der Waals surface area contributed by atoms with Gasteiger partial charge in [0.1, 0.15) is 5.82 Å². The first-order valence-electron chi connectivity index (χ1n) is 4.72. The maximum absolute atomic E-state index is 5.89. The lowest BCUT2D eigenvalue weighted by molar-refractivity contribution is 0.912. The Morgan fingerprint density at radius 1 is 1.38 bits per heavy atom. The van der Waals surface area contributed by atoms with Crippen LogP contribution in [0.1, 0.15) is 4.88 Å². The molecule has 0 bridgehead atoms. The SMILES string of the molecule is CN(Cc1ccc(Cl)s1)c1ccc(Br)cn1. The number of rotatable bonds is 3. The van der Waals surface area contributed by atoms with Crippen molar-refractivity contribution in [1.82, 2.24) is 4.98 Å². The van der Waals surface area contributed by atoms with Crippen molar-refractivity contribution in [2.75, 3.05) is 11.9 Å². The molecule has 0 unspecified atom stereocenters. The number of hydrogen-bond acceptors (Lipinski definition) is 3. The molecule has 0 aliphatic carbocycles. The molecule has 0 spiro atoms. The van der Waals surface area contributed by atoms with Crippen molar-refractivity contribution in [2.45, 2.75) is 6.54 Å². The van der Waals surface area contributed by atoms with E-state index in [1.807, 2.05) is 31.3 Å². The molecule has 2 rings (SSSR count).